The summed E-state index contributed by atoms with van der Waals surface area (Å²) in [6.45, 7) is 3.49. The van der Waals surface area contributed by atoms with Crippen LogP contribution in [-0.2, 0) is 6.54 Å². The van der Waals surface area contributed by atoms with E-state index in [0.29, 0.717) is 5.69 Å². The molecular weight excluding hydrogens is 467 g/mol. The molecule has 6 rings (SSSR count). The third-order valence-corrected chi connectivity index (χ3v) is 8.43. The Morgan fingerprint density at radius 1 is 1.08 bits per heavy atom. The summed E-state index contributed by atoms with van der Waals surface area (Å²) in [7, 11) is 0. The first kappa shape index (κ1) is 24.3. The number of rotatable bonds is 7. The fraction of sp³-hybridized carbons (Fsp3) is 0.552. The summed E-state index contributed by atoms with van der Waals surface area (Å²) in [4.78, 5) is 27.2. The number of hydrogen-bond donors (Lipinski definition) is 2. The number of piperidine rings is 1. The number of aliphatic imine (C=N–C) groups is 1. The van der Waals surface area contributed by atoms with Gasteiger partial charge in [0, 0.05) is 38.1 Å². The standard InChI is InChI=1S/C29H37FN6O/c30-23-5-4-8-25(17-23)36-28(37)34-27(33-24-6-2-1-3-7-24)29(36)13-15-35(16-14-29)20-22-11-12-26(32-19-22)31-18-21-9-10-21/h4-5,8,11-12,17,19,21,24H,1-3,6-7,9-10,13-16,18,20H2,(H,31,32)(H,33,34,37). The number of aromatic nitrogens is 1. The zero-order chi connectivity index (χ0) is 25.2. The molecule has 0 radical (unpaired) electrons. The monoisotopic (exact) mass is 504 g/mol. The van der Waals surface area contributed by atoms with E-state index in [9.17, 15) is 9.18 Å². The first-order valence-corrected chi connectivity index (χ1v) is 14.0. The third kappa shape index (κ3) is 5.35. The van der Waals surface area contributed by atoms with Gasteiger partial charge in [-0.05, 0) is 74.3 Å². The molecule has 2 aromatic rings. The van der Waals surface area contributed by atoms with Gasteiger partial charge in [0.1, 0.15) is 23.0 Å². The number of likely N-dealkylation sites (tertiary alicyclic amines) is 1. The summed E-state index contributed by atoms with van der Waals surface area (Å²) in [5.74, 6) is 2.20. The molecule has 2 N–H and O–H groups in total. The Bertz CT molecular complexity index is 1130. The van der Waals surface area contributed by atoms with Crippen molar-refractivity contribution in [3.8, 4) is 0 Å². The maximum Gasteiger partial charge on any atom is 0.328 e. The van der Waals surface area contributed by atoms with Crippen LogP contribution in [0.5, 0.6) is 0 Å². The summed E-state index contributed by atoms with van der Waals surface area (Å²) in [6.07, 6.45) is 11.9. The van der Waals surface area contributed by atoms with Crippen LogP contribution < -0.4 is 15.5 Å². The molecule has 0 unspecified atom stereocenters. The van der Waals surface area contributed by atoms with Crippen LogP contribution in [0.15, 0.2) is 47.6 Å². The lowest BCUT2D eigenvalue weighted by Gasteiger charge is -2.43. The second-order valence-corrected chi connectivity index (χ2v) is 11.2. The zero-order valence-electron chi connectivity index (χ0n) is 21.5. The van der Waals surface area contributed by atoms with Crippen LogP contribution in [0.4, 0.5) is 20.7 Å². The number of carbonyl (C=O) groups is 1. The van der Waals surface area contributed by atoms with Crippen molar-refractivity contribution < 1.29 is 9.18 Å². The molecule has 2 saturated carbocycles. The molecule has 4 fully saturated rings. The molecule has 2 saturated heterocycles. The average Bonchev–Trinajstić information content (AvgIpc) is 3.70. The number of urea groups is 1. The minimum absolute atomic E-state index is 0.202. The normalized spacial score (nSPS) is 23.5. The van der Waals surface area contributed by atoms with E-state index in [4.69, 9.17) is 4.99 Å². The first-order valence-electron chi connectivity index (χ1n) is 14.0. The maximum absolute atomic E-state index is 14.2. The van der Waals surface area contributed by atoms with E-state index in [0.717, 1.165) is 69.4 Å². The van der Waals surface area contributed by atoms with E-state index < -0.39 is 5.54 Å². The predicted molar refractivity (Wildman–Crippen MR) is 144 cm³/mol. The van der Waals surface area contributed by atoms with Gasteiger partial charge in [-0.3, -0.25) is 20.1 Å². The van der Waals surface area contributed by atoms with Gasteiger partial charge in [-0.25, -0.2) is 14.2 Å². The average molecular weight is 505 g/mol. The molecular formula is C29H37FN6O. The van der Waals surface area contributed by atoms with E-state index in [-0.39, 0.29) is 17.9 Å². The van der Waals surface area contributed by atoms with Crippen LogP contribution in [-0.4, -0.2) is 53.0 Å². The molecule has 2 aliphatic carbocycles. The topological polar surface area (TPSA) is 72.9 Å². The lowest BCUT2D eigenvalue weighted by molar-refractivity contribution is 0.184. The van der Waals surface area contributed by atoms with Gasteiger partial charge in [-0.1, -0.05) is 31.4 Å². The fourth-order valence-corrected chi connectivity index (χ4v) is 6.09. The van der Waals surface area contributed by atoms with Crippen molar-refractivity contribution in [1.82, 2.24) is 15.2 Å². The highest BCUT2D eigenvalue weighted by molar-refractivity contribution is 6.19. The minimum atomic E-state index is -0.562. The maximum atomic E-state index is 14.2. The van der Waals surface area contributed by atoms with Crippen LogP contribution in [0.3, 0.4) is 0 Å². The number of anilines is 2. The quantitative estimate of drug-likeness (QED) is 0.534. The Morgan fingerprint density at radius 2 is 1.89 bits per heavy atom. The molecule has 8 heteroatoms. The number of carbonyl (C=O) groups excluding carboxylic acids is 1. The van der Waals surface area contributed by atoms with Crippen LogP contribution >= 0.6 is 0 Å². The van der Waals surface area contributed by atoms with Gasteiger partial charge in [0.25, 0.3) is 0 Å². The van der Waals surface area contributed by atoms with Crippen molar-refractivity contribution in [2.45, 2.75) is 75.9 Å². The zero-order valence-corrected chi connectivity index (χ0v) is 21.5. The smallest absolute Gasteiger partial charge is 0.328 e. The van der Waals surface area contributed by atoms with E-state index in [2.05, 4.69) is 32.7 Å². The summed E-state index contributed by atoms with van der Waals surface area (Å²) in [5.41, 5.74) is 1.22. The highest BCUT2D eigenvalue weighted by Gasteiger charge is 2.53. The van der Waals surface area contributed by atoms with Crippen LogP contribution in [0.1, 0.15) is 63.4 Å². The van der Waals surface area contributed by atoms with Gasteiger partial charge in [0.2, 0.25) is 0 Å². The number of nitrogens with one attached hydrogen (secondary N) is 2. The third-order valence-electron chi connectivity index (χ3n) is 8.43. The van der Waals surface area contributed by atoms with Gasteiger partial charge < -0.3 is 5.32 Å². The van der Waals surface area contributed by atoms with Crippen molar-refractivity contribution in [2.75, 3.05) is 29.9 Å². The largest absolute Gasteiger partial charge is 0.370 e. The van der Waals surface area contributed by atoms with Crippen LogP contribution in [0.2, 0.25) is 0 Å². The van der Waals surface area contributed by atoms with Crippen LogP contribution in [0.25, 0.3) is 0 Å². The number of halogens is 1. The van der Waals surface area contributed by atoms with Crippen molar-refractivity contribution in [2.24, 2.45) is 10.9 Å². The van der Waals surface area contributed by atoms with Gasteiger partial charge in [-0.15, -0.1) is 0 Å². The second kappa shape index (κ2) is 10.4. The molecule has 0 atom stereocenters. The Labute approximate surface area is 218 Å². The van der Waals surface area contributed by atoms with E-state index in [1.165, 1.54) is 49.8 Å². The number of pyridine rings is 1. The lowest BCUT2D eigenvalue weighted by atomic mass is 9.84. The number of nitrogens with zero attached hydrogens (tertiary/aromatic N) is 4. The van der Waals surface area contributed by atoms with Crippen molar-refractivity contribution >= 4 is 23.4 Å². The summed E-state index contributed by atoms with van der Waals surface area (Å²) < 4.78 is 14.2. The molecule has 3 heterocycles. The van der Waals surface area contributed by atoms with Gasteiger partial charge in [0.15, 0.2) is 0 Å². The SMILES string of the molecule is O=C1NC(=NC2CCCCC2)C2(CCN(Cc3ccc(NCC4CC4)nc3)CC2)N1c1cccc(F)c1. The first-order chi connectivity index (χ1) is 18.1. The summed E-state index contributed by atoms with van der Waals surface area (Å²) in [6, 6.07) is 10.7. The highest BCUT2D eigenvalue weighted by Crippen LogP contribution is 2.39. The fourth-order valence-electron chi connectivity index (χ4n) is 6.09. The molecule has 4 aliphatic rings. The van der Waals surface area contributed by atoms with Gasteiger partial charge >= 0.3 is 6.03 Å². The number of hydrogen-bond acceptors (Lipinski definition) is 5. The minimum Gasteiger partial charge on any atom is -0.370 e. The molecule has 1 spiro atoms. The van der Waals surface area contributed by atoms with E-state index >= 15 is 0 Å². The van der Waals surface area contributed by atoms with Gasteiger partial charge in [-0.2, -0.15) is 0 Å². The van der Waals surface area contributed by atoms with Crippen LogP contribution in [0, 0.1) is 11.7 Å². The second-order valence-electron chi connectivity index (χ2n) is 11.2. The number of benzene rings is 1. The highest BCUT2D eigenvalue weighted by atomic mass is 19.1. The summed E-state index contributed by atoms with van der Waals surface area (Å²) >= 11 is 0. The number of amides is 2. The Morgan fingerprint density at radius 3 is 2.59 bits per heavy atom. The van der Waals surface area contributed by atoms with E-state index in [1.807, 2.05) is 12.3 Å². The van der Waals surface area contributed by atoms with E-state index in [1.54, 1.807) is 11.0 Å². The molecule has 37 heavy (non-hydrogen) atoms. The molecule has 2 aliphatic heterocycles. The lowest BCUT2D eigenvalue weighted by Crippen LogP contribution is -2.57. The Hall–Kier alpha value is -3.00. The molecule has 1 aromatic heterocycles. The number of amidine groups is 1. The Balaban J connectivity index is 1.19. The van der Waals surface area contributed by atoms with Crippen molar-refractivity contribution in [3.05, 3.63) is 54.0 Å². The molecule has 196 valence electrons. The Kier molecular flexibility index (Phi) is 6.84. The van der Waals surface area contributed by atoms with Crippen molar-refractivity contribution in [1.29, 1.82) is 0 Å². The predicted octanol–water partition coefficient (Wildman–Crippen LogP) is 5.34. The molecule has 2 amide bonds. The molecule has 7 nitrogen and oxygen atoms in total. The van der Waals surface area contributed by atoms with Crippen molar-refractivity contribution in [3.63, 3.8) is 0 Å². The molecule has 0 bridgehead atoms. The summed E-state index contributed by atoms with van der Waals surface area (Å²) in [5, 5.41) is 6.53. The van der Waals surface area contributed by atoms with Gasteiger partial charge in [0.05, 0.1) is 6.04 Å². The molecule has 1 aromatic carbocycles.